The van der Waals surface area contributed by atoms with Gasteiger partial charge in [-0.2, -0.15) is 5.26 Å². The lowest BCUT2D eigenvalue weighted by molar-refractivity contribution is 0.263. The third-order valence-corrected chi connectivity index (χ3v) is 5.71. The number of hydrogen-bond acceptors (Lipinski definition) is 6. The minimum Gasteiger partial charge on any atom is -0.369 e. The summed E-state index contributed by atoms with van der Waals surface area (Å²) in [5, 5.41) is 9.45. The number of nitrogens with zero attached hydrogens (tertiary/aromatic N) is 6. The van der Waals surface area contributed by atoms with Gasteiger partial charge in [-0.25, -0.2) is 4.98 Å². The fraction of sp³-hybridized carbons (Fsp3) is 0.667. The van der Waals surface area contributed by atoms with Crippen molar-refractivity contribution in [2.75, 3.05) is 63.2 Å². The highest BCUT2D eigenvalue weighted by Crippen LogP contribution is 2.35. The van der Waals surface area contributed by atoms with Gasteiger partial charge in [-0.3, -0.25) is 0 Å². The Morgan fingerprint density at radius 3 is 2.29 bits per heavy atom. The summed E-state index contributed by atoms with van der Waals surface area (Å²) >= 11 is 0. The average molecular weight is 326 g/mol. The van der Waals surface area contributed by atoms with Crippen LogP contribution < -0.4 is 9.80 Å². The van der Waals surface area contributed by atoms with Crippen molar-refractivity contribution in [3.8, 4) is 6.07 Å². The summed E-state index contributed by atoms with van der Waals surface area (Å²) in [6, 6.07) is 7.51. The highest BCUT2D eigenvalue weighted by molar-refractivity contribution is 5.60. The number of hydrogen-bond donors (Lipinski definition) is 0. The van der Waals surface area contributed by atoms with E-state index in [2.05, 4.69) is 50.8 Å². The topological polar surface area (TPSA) is 49.6 Å². The molecule has 2 unspecified atom stereocenters. The van der Waals surface area contributed by atoms with Crippen LogP contribution in [0.25, 0.3) is 0 Å². The number of pyridine rings is 1. The van der Waals surface area contributed by atoms with Crippen LogP contribution in [0.3, 0.4) is 0 Å². The van der Waals surface area contributed by atoms with E-state index in [0.29, 0.717) is 17.8 Å². The standard InChI is InChI=1S/C18H26N6/c1-21-5-7-23(8-6-21)17-9-14(11-19)20-18(10-17)24-15-3-4-16(24)13-22(2)12-15/h9-10,15-16H,3-8,12-13H2,1-2H3. The van der Waals surface area contributed by atoms with E-state index < -0.39 is 0 Å². The molecule has 3 fully saturated rings. The van der Waals surface area contributed by atoms with Gasteiger partial charge in [0.1, 0.15) is 17.6 Å². The molecule has 0 radical (unpaired) electrons. The molecule has 1 aromatic heterocycles. The predicted molar refractivity (Wildman–Crippen MR) is 95.4 cm³/mol. The summed E-state index contributed by atoms with van der Waals surface area (Å²) in [7, 11) is 4.37. The summed E-state index contributed by atoms with van der Waals surface area (Å²) in [6.07, 6.45) is 2.47. The number of likely N-dealkylation sites (N-methyl/N-ethyl adjacent to an activating group) is 2. The molecule has 0 N–H and O–H groups in total. The molecule has 24 heavy (non-hydrogen) atoms. The number of rotatable bonds is 2. The Morgan fingerprint density at radius 2 is 1.67 bits per heavy atom. The molecule has 3 aliphatic heterocycles. The smallest absolute Gasteiger partial charge is 0.144 e. The normalized spacial score (nSPS) is 28.2. The van der Waals surface area contributed by atoms with Gasteiger partial charge >= 0.3 is 0 Å². The summed E-state index contributed by atoms with van der Waals surface area (Å²) in [5.41, 5.74) is 1.70. The maximum atomic E-state index is 9.45. The van der Waals surface area contributed by atoms with Crippen molar-refractivity contribution in [3.05, 3.63) is 17.8 Å². The molecule has 0 aromatic carbocycles. The van der Waals surface area contributed by atoms with Crippen molar-refractivity contribution < 1.29 is 0 Å². The van der Waals surface area contributed by atoms with Crippen molar-refractivity contribution in [2.45, 2.75) is 24.9 Å². The molecule has 0 aliphatic carbocycles. The first-order chi connectivity index (χ1) is 11.6. The number of anilines is 2. The molecule has 0 saturated carbocycles. The van der Waals surface area contributed by atoms with E-state index in [1.165, 1.54) is 12.8 Å². The molecule has 4 heterocycles. The highest BCUT2D eigenvalue weighted by atomic mass is 15.3. The van der Waals surface area contributed by atoms with Crippen molar-refractivity contribution in [1.29, 1.82) is 5.26 Å². The number of fused-ring (bicyclic) bond motifs is 2. The molecule has 6 heteroatoms. The first kappa shape index (κ1) is 15.7. The fourth-order valence-corrected chi connectivity index (χ4v) is 4.43. The minimum atomic E-state index is 0.538. The van der Waals surface area contributed by atoms with Crippen molar-refractivity contribution >= 4 is 11.5 Å². The Kier molecular flexibility index (Phi) is 4.07. The molecule has 0 spiro atoms. The second kappa shape index (κ2) is 6.23. The van der Waals surface area contributed by atoms with Gasteiger partial charge in [0.25, 0.3) is 0 Å². The maximum Gasteiger partial charge on any atom is 0.144 e. The van der Waals surface area contributed by atoms with Gasteiger partial charge in [0, 0.05) is 63.1 Å². The molecular formula is C18H26N6. The number of likely N-dealkylation sites (tertiary alicyclic amines) is 1. The number of piperazine rings is 2. The Morgan fingerprint density at radius 1 is 1.00 bits per heavy atom. The molecule has 6 nitrogen and oxygen atoms in total. The second-order valence-electron chi connectivity index (χ2n) is 7.48. The quantitative estimate of drug-likeness (QED) is 0.808. The molecule has 4 rings (SSSR count). The van der Waals surface area contributed by atoms with Gasteiger partial charge in [0.2, 0.25) is 0 Å². The molecule has 1 aromatic rings. The molecular weight excluding hydrogens is 300 g/mol. The highest BCUT2D eigenvalue weighted by Gasteiger charge is 2.39. The molecule has 128 valence electrons. The summed E-state index contributed by atoms with van der Waals surface area (Å²) < 4.78 is 0. The van der Waals surface area contributed by atoms with Gasteiger partial charge in [-0.1, -0.05) is 0 Å². The summed E-state index contributed by atoms with van der Waals surface area (Å²) in [5.74, 6) is 1.00. The predicted octanol–water partition coefficient (Wildman–Crippen LogP) is 0.988. The molecule has 3 aliphatic rings. The van der Waals surface area contributed by atoms with Crippen molar-refractivity contribution in [1.82, 2.24) is 14.8 Å². The van der Waals surface area contributed by atoms with E-state index in [1.807, 2.05) is 6.07 Å². The van der Waals surface area contributed by atoms with Crippen LogP contribution in [0.5, 0.6) is 0 Å². The monoisotopic (exact) mass is 326 g/mol. The first-order valence-electron chi connectivity index (χ1n) is 8.96. The van der Waals surface area contributed by atoms with E-state index in [1.54, 1.807) is 0 Å². The zero-order chi connectivity index (χ0) is 16.7. The summed E-state index contributed by atoms with van der Waals surface area (Å²) in [6.45, 7) is 6.36. The number of nitriles is 1. The van der Waals surface area contributed by atoms with Crippen LogP contribution in [0.2, 0.25) is 0 Å². The molecule has 2 atom stereocenters. The lowest BCUT2D eigenvalue weighted by Crippen LogP contribution is -2.53. The molecule has 2 bridgehead atoms. The van der Waals surface area contributed by atoms with E-state index in [0.717, 1.165) is 50.8 Å². The molecule has 3 saturated heterocycles. The van der Waals surface area contributed by atoms with Crippen LogP contribution >= 0.6 is 0 Å². The van der Waals surface area contributed by atoms with E-state index in [9.17, 15) is 5.26 Å². The van der Waals surface area contributed by atoms with E-state index in [-0.39, 0.29) is 0 Å². The lowest BCUT2D eigenvalue weighted by Gasteiger charge is -2.41. The minimum absolute atomic E-state index is 0.538. The average Bonchev–Trinajstić information content (AvgIpc) is 2.86. The molecule has 0 amide bonds. The van der Waals surface area contributed by atoms with Crippen LogP contribution in [0, 0.1) is 11.3 Å². The fourth-order valence-electron chi connectivity index (χ4n) is 4.43. The zero-order valence-corrected chi connectivity index (χ0v) is 14.6. The van der Waals surface area contributed by atoms with Crippen LogP contribution in [0.4, 0.5) is 11.5 Å². The Labute approximate surface area is 144 Å². The van der Waals surface area contributed by atoms with E-state index in [4.69, 9.17) is 0 Å². The first-order valence-corrected chi connectivity index (χ1v) is 8.96. The lowest BCUT2D eigenvalue weighted by atomic mass is 10.1. The second-order valence-corrected chi connectivity index (χ2v) is 7.48. The van der Waals surface area contributed by atoms with Crippen LogP contribution in [0.1, 0.15) is 18.5 Å². The largest absolute Gasteiger partial charge is 0.369 e. The summed E-state index contributed by atoms with van der Waals surface area (Å²) in [4.78, 5) is 14.3. The van der Waals surface area contributed by atoms with Gasteiger partial charge in [0.15, 0.2) is 0 Å². The zero-order valence-electron chi connectivity index (χ0n) is 14.6. The Balaban J connectivity index is 1.64. The SMILES string of the molecule is CN1CCN(c2cc(C#N)nc(N3C4CCC3CN(C)C4)c2)CC1. The maximum absolute atomic E-state index is 9.45. The number of aromatic nitrogens is 1. The van der Waals surface area contributed by atoms with Gasteiger partial charge < -0.3 is 19.6 Å². The third-order valence-electron chi connectivity index (χ3n) is 5.71. The van der Waals surface area contributed by atoms with Crippen molar-refractivity contribution in [3.63, 3.8) is 0 Å². The van der Waals surface area contributed by atoms with Crippen LogP contribution in [0.15, 0.2) is 12.1 Å². The van der Waals surface area contributed by atoms with Gasteiger partial charge in [-0.05, 0) is 33.0 Å². The van der Waals surface area contributed by atoms with Crippen LogP contribution in [-0.2, 0) is 0 Å². The Hall–Kier alpha value is -1.84. The van der Waals surface area contributed by atoms with Crippen LogP contribution in [-0.4, -0.2) is 80.2 Å². The van der Waals surface area contributed by atoms with Gasteiger partial charge in [-0.15, -0.1) is 0 Å². The van der Waals surface area contributed by atoms with E-state index >= 15 is 0 Å². The van der Waals surface area contributed by atoms with Crippen molar-refractivity contribution in [2.24, 2.45) is 0 Å². The Bertz CT molecular complexity index is 631. The third kappa shape index (κ3) is 2.83. The van der Waals surface area contributed by atoms with Gasteiger partial charge in [0.05, 0.1) is 0 Å².